The standard InChI is InChI=1S/C13H18N4O2.ClH/c14-11-7-6-9(8-12(11)17(18)19)13(15)16-10-4-2-1-3-5-10;/h6-8,10H,1-5,14H2,(H2,15,16);1H. The molecule has 0 amide bonds. The zero-order chi connectivity index (χ0) is 13.8. The van der Waals surface area contributed by atoms with Crippen LogP contribution in [0.4, 0.5) is 11.4 Å². The van der Waals surface area contributed by atoms with Gasteiger partial charge >= 0.3 is 0 Å². The summed E-state index contributed by atoms with van der Waals surface area (Å²) in [6, 6.07) is 4.79. The Morgan fingerprint density at radius 1 is 1.30 bits per heavy atom. The monoisotopic (exact) mass is 298 g/mol. The lowest BCUT2D eigenvalue weighted by Gasteiger charge is -2.18. The number of hydrogen-bond donors (Lipinski definition) is 2. The lowest BCUT2D eigenvalue weighted by molar-refractivity contribution is -0.383. The minimum atomic E-state index is -0.507. The normalized spacial score (nSPS) is 16.5. The number of halogens is 1. The Bertz CT molecular complexity index is 513. The summed E-state index contributed by atoms with van der Waals surface area (Å²) in [5.74, 6) is 0.356. The first-order valence-electron chi connectivity index (χ1n) is 6.45. The van der Waals surface area contributed by atoms with Crippen molar-refractivity contribution < 1.29 is 4.92 Å². The van der Waals surface area contributed by atoms with Crippen molar-refractivity contribution >= 4 is 29.6 Å². The van der Waals surface area contributed by atoms with Crippen molar-refractivity contribution in [2.75, 3.05) is 5.73 Å². The molecular weight excluding hydrogens is 280 g/mol. The first-order valence-corrected chi connectivity index (χ1v) is 6.45. The molecule has 0 spiro atoms. The SMILES string of the molecule is Cl.NC(=NC1CCCCC1)c1ccc(N)c([N+](=O)[O-])c1. The average molecular weight is 299 g/mol. The van der Waals surface area contributed by atoms with Crippen molar-refractivity contribution in [1.82, 2.24) is 0 Å². The van der Waals surface area contributed by atoms with Crippen LogP contribution in [-0.2, 0) is 0 Å². The molecule has 7 heteroatoms. The molecule has 2 rings (SSSR count). The summed E-state index contributed by atoms with van der Waals surface area (Å²) in [6.07, 6.45) is 5.67. The highest BCUT2D eigenvalue weighted by molar-refractivity contribution is 5.98. The van der Waals surface area contributed by atoms with Gasteiger partial charge in [-0.3, -0.25) is 15.1 Å². The summed E-state index contributed by atoms with van der Waals surface area (Å²) >= 11 is 0. The number of nitrogens with zero attached hydrogens (tertiary/aromatic N) is 2. The molecule has 0 aromatic heterocycles. The zero-order valence-electron chi connectivity index (χ0n) is 11.1. The number of rotatable bonds is 3. The smallest absolute Gasteiger partial charge is 0.292 e. The van der Waals surface area contributed by atoms with E-state index in [0.29, 0.717) is 11.4 Å². The highest BCUT2D eigenvalue weighted by Gasteiger charge is 2.16. The molecule has 1 aromatic rings. The van der Waals surface area contributed by atoms with E-state index in [0.717, 1.165) is 12.8 Å². The summed E-state index contributed by atoms with van der Waals surface area (Å²) in [6.45, 7) is 0. The Labute approximate surface area is 123 Å². The summed E-state index contributed by atoms with van der Waals surface area (Å²) < 4.78 is 0. The third kappa shape index (κ3) is 3.84. The Kier molecular flexibility index (Phi) is 5.76. The topological polar surface area (TPSA) is 108 Å². The predicted molar refractivity (Wildman–Crippen MR) is 82.4 cm³/mol. The lowest BCUT2D eigenvalue weighted by atomic mass is 9.96. The minimum Gasteiger partial charge on any atom is -0.393 e. The van der Waals surface area contributed by atoms with Crippen molar-refractivity contribution in [3.05, 3.63) is 33.9 Å². The fourth-order valence-electron chi connectivity index (χ4n) is 2.34. The van der Waals surface area contributed by atoms with Crippen LogP contribution >= 0.6 is 12.4 Å². The molecule has 0 bridgehead atoms. The molecular formula is C13H19ClN4O2. The van der Waals surface area contributed by atoms with Crippen LogP contribution in [-0.4, -0.2) is 16.8 Å². The summed E-state index contributed by atoms with van der Waals surface area (Å²) in [4.78, 5) is 14.8. The maximum Gasteiger partial charge on any atom is 0.292 e. The molecule has 1 aliphatic carbocycles. The summed E-state index contributed by atoms with van der Waals surface area (Å²) in [5, 5.41) is 10.8. The van der Waals surface area contributed by atoms with E-state index >= 15 is 0 Å². The van der Waals surface area contributed by atoms with Gasteiger partial charge in [-0.15, -0.1) is 12.4 Å². The third-order valence-corrected chi connectivity index (χ3v) is 3.42. The average Bonchev–Trinajstić information content (AvgIpc) is 2.40. The van der Waals surface area contributed by atoms with Crippen molar-refractivity contribution in [3.63, 3.8) is 0 Å². The Balaban J connectivity index is 0.00000200. The van der Waals surface area contributed by atoms with Crippen LogP contribution in [0.3, 0.4) is 0 Å². The second-order valence-corrected chi connectivity index (χ2v) is 4.84. The Morgan fingerprint density at radius 3 is 2.55 bits per heavy atom. The van der Waals surface area contributed by atoms with Gasteiger partial charge in [-0.2, -0.15) is 0 Å². The molecule has 6 nitrogen and oxygen atoms in total. The summed E-state index contributed by atoms with van der Waals surface area (Å²) in [7, 11) is 0. The summed E-state index contributed by atoms with van der Waals surface area (Å²) in [5.41, 5.74) is 12.1. The highest BCUT2D eigenvalue weighted by atomic mass is 35.5. The molecule has 1 aliphatic rings. The number of nitrogen functional groups attached to an aromatic ring is 1. The van der Waals surface area contributed by atoms with E-state index in [2.05, 4.69) is 4.99 Å². The van der Waals surface area contributed by atoms with Gasteiger partial charge in [0.15, 0.2) is 0 Å². The molecule has 1 fully saturated rings. The quantitative estimate of drug-likeness (QED) is 0.294. The molecule has 20 heavy (non-hydrogen) atoms. The molecule has 0 saturated heterocycles. The number of amidine groups is 1. The fourth-order valence-corrected chi connectivity index (χ4v) is 2.34. The van der Waals surface area contributed by atoms with Crippen LogP contribution in [0.25, 0.3) is 0 Å². The van der Waals surface area contributed by atoms with E-state index in [9.17, 15) is 10.1 Å². The molecule has 0 radical (unpaired) electrons. The van der Waals surface area contributed by atoms with Crippen LogP contribution < -0.4 is 11.5 Å². The molecule has 1 aromatic carbocycles. The van der Waals surface area contributed by atoms with Gasteiger partial charge in [0.2, 0.25) is 0 Å². The fraction of sp³-hybridized carbons (Fsp3) is 0.462. The van der Waals surface area contributed by atoms with E-state index < -0.39 is 4.92 Å². The Morgan fingerprint density at radius 2 is 1.95 bits per heavy atom. The molecule has 110 valence electrons. The second-order valence-electron chi connectivity index (χ2n) is 4.84. The number of aliphatic imine (C=N–C) groups is 1. The van der Waals surface area contributed by atoms with Crippen LogP contribution in [0.15, 0.2) is 23.2 Å². The first-order chi connectivity index (χ1) is 9.08. The minimum absolute atomic E-state index is 0. The largest absolute Gasteiger partial charge is 0.393 e. The molecule has 1 saturated carbocycles. The van der Waals surface area contributed by atoms with Crippen molar-refractivity contribution in [2.45, 2.75) is 38.1 Å². The molecule has 0 unspecified atom stereocenters. The van der Waals surface area contributed by atoms with Crippen LogP contribution in [0, 0.1) is 10.1 Å². The van der Waals surface area contributed by atoms with Gasteiger partial charge < -0.3 is 11.5 Å². The van der Waals surface area contributed by atoms with Crippen molar-refractivity contribution in [3.8, 4) is 0 Å². The van der Waals surface area contributed by atoms with Gasteiger partial charge in [0.25, 0.3) is 5.69 Å². The van der Waals surface area contributed by atoms with Gasteiger partial charge in [0, 0.05) is 11.6 Å². The maximum atomic E-state index is 10.8. The predicted octanol–water partition coefficient (Wildman–Crippen LogP) is 2.64. The number of nitrogens with two attached hydrogens (primary N) is 2. The van der Waals surface area contributed by atoms with E-state index in [4.69, 9.17) is 11.5 Å². The molecule has 0 aliphatic heterocycles. The molecule has 0 heterocycles. The van der Waals surface area contributed by atoms with E-state index in [1.54, 1.807) is 6.07 Å². The number of hydrogen-bond acceptors (Lipinski definition) is 4. The lowest BCUT2D eigenvalue weighted by Crippen LogP contribution is -2.20. The molecule has 0 atom stereocenters. The zero-order valence-corrected chi connectivity index (χ0v) is 11.9. The number of anilines is 1. The highest BCUT2D eigenvalue weighted by Crippen LogP contribution is 2.24. The first kappa shape index (κ1) is 16.2. The third-order valence-electron chi connectivity index (χ3n) is 3.42. The van der Waals surface area contributed by atoms with Gasteiger partial charge in [-0.05, 0) is 25.0 Å². The van der Waals surface area contributed by atoms with Crippen LogP contribution in [0.2, 0.25) is 0 Å². The van der Waals surface area contributed by atoms with Crippen LogP contribution in [0.1, 0.15) is 37.7 Å². The van der Waals surface area contributed by atoms with Crippen molar-refractivity contribution in [2.24, 2.45) is 10.7 Å². The van der Waals surface area contributed by atoms with Gasteiger partial charge in [-0.25, -0.2) is 0 Å². The van der Waals surface area contributed by atoms with E-state index in [-0.39, 0.29) is 29.8 Å². The van der Waals surface area contributed by atoms with Crippen molar-refractivity contribution in [1.29, 1.82) is 0 Å². The molecule has 4 N–H and O–H groups in total. The maximum absolute atomic E-state index is 10.8. The number of nitro benzene ring substituents is 1. The van der Waals surface area contributed by atoms with Gasteiger partial charge in [0.1, 0.15) is 11.5 Å². The number of nitro groups is 1. The Hall–Kier alpha value is -1.82. The second kappa shape index (κ2) is 7.09. The van der Waals surface area contributed by atoms with Gasteiger partial charge in [0.05, 0.1) is 11.0 Å². The number of benzene rings is 1. The van der Waals surface area contributed by atoms with E-state index in [1.165, 1.54) is 31.4 Å². The van der Waals surface area contributed by atoms with E-state index in [1.807, 2.05) is 0 Å². The van der Waals surface area contributed by atoms with Crippen LogP contribution in [0.5, 0.6) is 0 Å². The van der Waals surface area contributed by atoms with Gasteiger partial charge in [-0.1, -0.05) is 19.3 Å².